The Hall–Kier alpha value is -3.97. The molecule has 198 valence electrons. The van der Waals surface area contributed by atoms with Crippen molar-refractivity contribution in [1.29, 1.82) is 0 Å². The Morgan fingerprint density at radius 2 is 1.66 bits per heavy atom. The van der Waals surface area contributed by atoms with E-state index in [1.54, 1.807) is 35.0 Å². The van der Waals surface area contributed by atoms with Crippen LogP contribution in [-0.2, 0) is 10.2 Å². The lowest BCUT2D eigenvalue weighted by atomic mass is 9.86. The van der Waals surface area contributed by atoms with Gasteiger partial charge in [-0.05, 0) is 53.9 Å². The lowest BCUT2D eigenvalue weighted by molar-refractivity contribution is -0.116. The number of benzene rings is 3. The van der Waals surface area contributed by atoms with Crippen LogP contribution in [0, 0.1) is 0 Å². The molecule has 3 amide bonds. The fourth-order valence-electron chi connectivity index (χ4n) is 4.66. The predicted octanol–water partition coefficient (Wildman–Crippen LogP) is 5.01. The number of hydrogen-bond donors (Lipinski definition) is 2. The number of hydrogen-bond acceptors (Lipinski definition) is 4. The lowest BCUT2D eigenvalue weighted by Crippen LogP contribution is -2.35. The lowest BCUT2D eigenvalue weighted by Gasteiger charge is -2.31. The number of amides is 3. The molecule has 0 aromatic heterocycles. The summed E-state index contributed by atoms with van der Waals surface area (Å²) in [6.07, 6.45) is 0.0931. The SMILES string of the molecule is CNCCN(C)C(=O)c1ccc2c(c1)NC(=O)CC(c1ccccc1)N2C(=O)c1ccc(C(C)(C)C)cc1. The van der Waals surface area contributed by atoms with Crippen LogP contribution in [0.25, 0.3) is 0 Å². The zero-order chi connectivity index (χ0) is 27.4. The molecule has 7 nitrogen and oxygen atoms in total. The summed E-state index contributed by atoms with van der Waals surface area (Å²) in [5.74, 6) is -0.578. The average molecular weight is 513 g/mol. The van der Waals surface area contributed by atoms with Crippen LogP contribution in [0.5, 0.6) is 0 Å². The highest BCUT2D eigenvalue weighted by atomic mass is 16.2. The van der Waals surface area contributed by atoms with Gasteiger partial charge < -0.3 is 15.5 Å². The van der Waals surface area contributed by atoms with E-state index in [4.69, 9.17) is 0 Å². The Bertz CT molecular complexity index is 1310. The molecule has 1 heterocycles. The summed E-state index contributed by atoms with van der Waals surface area (Å²) in [5.41, 5.74) is 3.94. The highest BCUT2D eigenvalue weighted by Gasteiger charge is 2.34. The summed E-state index contributed by atoms with van der Waals surface area (Å²) in [5, 5.41) is 5.99. The number of anilines is 2. The van der Waals surface area contributed by atoms with Gasteiger partial charge in [0.15, 0.2) is 0 Å². The van der Waals surface area contributed by atoms with Crippen molar-refractivity contribution in [2.45, 2.75) is 38.6 Å². The first-order valence-corrected chi connectivity index (χ1v) is 12.9. The summed E-state index contributed by atoms with van der Waals surface area (Å²) < 4.78 is 0. The third-order valence-electron chi connectivity index (χ3n) is 6.91. The van der Waals surface area contributed by atoms with Gasteiger partial charge in [-0.1, -0.05) is 63.2 Å². The van der Waals surface area contributed by atoms with Crippen LogP contribution in [0.4, 0.5) is 11.4 Å². The molecule has 0 bridgehead atoms. The maximum absolute atomic E-state index is 14.1. The van der Waals surface area contributed by atoms with Crippen molar-refractivity contribution in [2.75, 3.05) is 37.4 Å². The molecular formula is C31H36N4O3. The number of nitrogens with zero attached hydrogens (tertiary/aromatic N) is 2. The third kappa shape index (κ3) is 5.78. The van der Waals surface area contributed by atoms with Crippen LogP contribution >= 0.6 is 0 Å². The number of likely N-dealkylation sites (N-methyl/N-ethyl adjacent to an activating group) is 2. The van der Waals surface area contributed by atoms with Crippen molar-refractivity contribution in [2.24, 2.45) is 0 Å². The second kappa shape index (κ2) is 11.2. The number of fused-ring (bicyclic) bond motifs is 1. The summed E-state index contributed by atoms with van der Waals surface area (Å²) in [6.45, 7) is 7.61. The van der Waals surface area contributed by atoms with E-state index in [1.165, 1.54) is 0 Å². The van der Waals surface area contributed by atoms with E-state index in [0.29, 0.717) is 35.6 Å². The van der Waals surface area contributed by atoms with E-state index in [1.807, 2.05) is 61.6 Å². The first kappa shape index (κ1) is 27.1. The fraction of sp³-hybridized carbons (Fsp3) is 0.323. The van der Waals surface area contributed by atoms with Gasteiger partial charge in [0.05, 0.1) is 23.8 Å². The molecule has 1 unspecified atom stereocenters. The normalized spacial score (nSPS) is 15.3. The van der Waals surface area contributed by atoms with Gasteiger partial charge >= 0.3 is 0 Å². The molecule has 0 spiro atoms. The van der Waals surface area contributed by atoms with Crippen molar-refractivity contribution in [3.8, 4) is 0 Å². The van der Waals surface area contributed by atoms with Crippen LogP contribution in [0.1, 0.15) is 65.1 Å². The van der Waals surface area contributed by atoms with Gasteiger partial charge in [-0.2, -0.15) is 0 Å². The van der Waals surface area contributed by atoms with Crippen LogP contribution < -0.4 is 15.5 Å². The molecule has 1 aliphatic rings. The molecule has 2 N–H and O–H groups in total. The van der Waals surface area contributed by atoms with E-state index < -0.39 is 6.04 Å². The van der Waals surface area contributed by atoms with Gasteiger partial charge in [-0.15, -0.1) is 0 Å². The smallest absolute Gasteiger partial charge is 0.258 e. The van der Waals surface area contributed by atoms with Gasteiger partial charge in [-0.3, -0.25) is 19.3 Å². The van der Waals surface area contributed by atoms with E-state index in [-0.39, 0.29) is 29.6 Å². The van der Waals surface area contributed by atoms with Crippen LogP contribution in [0.3, 0.4) is 0 Å². The number of nitrogens with one attached hydrogen (secondary N) is 2. The number of carbonyl (C=O) groups excluding carboxylic acids is 3. The van der Waals surface area contributed by atoms with Gasteiger partial charge in [0.25, 0.3) is 11.8 Å². The van der Waals surface area contributed by atoms with Crippen LogP contribution in [0.15, 0.2) is 72.8 Å². The molecule has 38 heavy (non-hydrogen) atoms. The molecule has 3 aromatic carbocycles. The molecule has 1 aliphatic heterocycles. The minimum Gasteiger partial charge on any atom is -0.340 e. The molecule has 3 aromatic rings. The monoisotopic (exact) mass is 512 g/mol. The standard InChI is InChI=1S/C31H36N4O3/c1-31(2,3)24-14-11-22(12-15-24)30(38)35-26-16-13-23(29(37)34(5)18-17-32-4)19-25(26)33-28(36)20-27(35)21-9-7-6-8-10-21/h6-16,19,27,32H,17-18,20H2,1-5H3,(H,33,36). The van der Waals surface area contributed by atoms with Crippen molar-refractivity contribution in [1.82, 2.24) is 10.2 Å². The van der Waals surface area contributed by atoms with Crippen molar-refractivity contribution in [3.05, 3.63) is 95.1 Å². The molecule has 4 rings (SSSR count). The molecule has 0 saturated carbocycles. The van der Waals surface area contributed by atoms with Crippen LogP contribution in [0.2, 0.25) is 0 Å². The van der Waals surface area contributed by atoms with Gasteiger partial charge in [0.1, 0.15) is 0 Å². The van der Waals surface area contributed by atoms with E-state index >= 15 is 0 Å². The highest BCUT2D eigenvalue weighted by Crippen LogP contribution is 2.40. The average Bonchev–Trinajstić information content (AvgIpc) is 3.06. The maximum Gasteiger partial charge on any atom is 0.258 e. The minimum atomic E-state index is -0.507. The Morgan fingerprint density at radius 1 is 1.00 bits per heavy atom. The number of rotatable bonds is 6. The Labute approximate surface area is 224 Å². The Kier molecular flexibility index (Phi) is 7.97. The highest BCUT2D eigenvalue weighted by molar-refractivity contribution is 6.12. The largest absolute Gasteiger partial charge is 0.340 e. The minimum absolute atomic E-state index is 0.0387. The fourth-order valence-corrected chi connectivity index (χ4v) is 4.66. The van der Waals surface area contributed by atoms with Gasteiger partial charge in [0, 0.05) is 31.3 Å². The second-order valence-corrected chi connectivity index (χ2v) is 10.7. The summed E-state index contributed by atoms with van der Waals surface area (Å²) >= 11 is 0. The van der Waals surface area contributed by atoms with Crippen molar-refractivity contribution < 1.29 is 14.4 Å². The quantitative estimate of drug-likeness (QED) is 0.487. The predicted molar refractivity (Wildman–Crippen MR) is 152 cm³/mol. The third-order valence-corrected chi connectivity index (χ3v) is 6.91. The first-order chi connectivity index (χ1) is 18.1. The number of carbonyl (C=O) groups is 3. The Balaban J connectivity index is 1.79. The summed E-state index contributed by atoms with van der Waals surface area (Å²) in [7, 11) is 3.58. The molecule has 7 heteroatoms. The first-order valence-electron chi connectivity index (χ1n) is 12.9. The maximum atomic E-state index is 14.1. The molecular weight excluding hydrogens is 476 g/mol. The summed E-state index contributed by atoms with van der Waals surface area (Å²) in [4.78, 5) is 43.6. The van der Waals surface area contributed by atoms with E-state index in [0.717, 1.165) is 11.1 Å². The van der Waals surface area contributed by atoms with Crippen molar-refractivity contribution >= 4 is 29.1 Å². The van der Waals surface area contributed by atoms with E-state index in [2.05, 4.69) is 31.4 Å². The zero-order valence-corrected chi connectivity index (χ0v) is 22.7. The topological polar surface area (TPSA) is 81.8 Å². The van der Waals surface area contributed by atoms with Gasteiger partial charge in [-0.25, -0.2) is 0 Å². The molecule has 1 atom stereocenters. The molecule has 0 radical (unpaired) electrons. The second-order valence-electron chi connectivity index (χ2n) is 10.7. The molecule has 0 aliphatic carbocycles. The molecule has 0 fully saturated rings. The zero-order valence-electron chi connectivity index (χ0n) is 22.7. The van der Waals surface area contributed by atoms with E-state index in [9.17, 15) is 14.4 Å². The molecule has 0 saturated heterocycles. The Morgan fingerprint density at radius 3 is 2.29 bits per heavy atom. The van der Waals surface area contributed by atoms with Crippen LogP contribution in [-0.4, -0.2) is 49.8 Å². The van der Waals surface area contributed by atoms with Crippen molar-refractivity contribution in [3.63, 3.8) is 0 Å². The summed E-state index contributed by atoms with van der Waals surface area (Å²) in [6, 6.07) is 21.9. The van der Waals surface area contributed by atoms with Gasteiger partial charge in [0.2, 0.25) is 5.91 Å².